The molecule has 1 aromatic rings. The Hall–Kier alpha value is -1.87. The topological polar surface area (TPSA) is 63.7 Å². The molecular formula is C17H22F3N3O3. The van der Waals surface area contributed by atoms with E-state index in [9.17, 15) is 18.0 Å². The third-order valence-electron chi connectivity index (χ3n) is 4.51. The van der Waals surface area contributed by atoms with E-state index in [0.29, 0.717) is 17.7 Å². The third kappa shape index (κ3) is 4.85. The second kappa shape index (κ2) is 7.79. The summed E-state index contributed by atoms with van der Waals surface area (Å²) in [6.07, 6.45) is 0.446. The van der Waals surface area contributed by atoms with Crippen LogP contribution >= 0.6 is 0 Å². The van der Waals surface area contributed by atoms with Crippen LogP contribution in [-0.4, -0.2) is 55.0 Å². The van der Waals surface area contributed by atoms with Gasteiger partial charge in [0.1, 0.15) is 0 Å². The molecule has 0 bridgehead atoms. The van der Waals surface area contributed by atoms with Gasteiger partial charge in [0.25, 0.3) is 5.91 Å². The summed E-state index contributed by atoms with van der Waals surface area (Å²) in [5.41, 5.74) is 3.73. The molecule has 1 saturated carbocycles. The maximum absolute atomic E-state index is 12.5. The largest absolute Gasteiger partial charge is 0.468 e. The quantitative estimate of drug-likeness (QED) is 0.796. The van der Waals surface area contributed by atoms with Crippen molar-refractivity contribution in [3.05, 3.63) is 23.4 Å². The number of carbonyl (C=O) groups excluding carboxylic acids is 1. The van der Waals surface area contributed by atoms with Crippen molar-refractivity contribution in [2.75, 3.05) is 26.9 Å². The van der Waals surface area contributed by atoms with Crippen LogP contribution in [0.2, 0.25) is 0 Å². The molecule has 2 fully saturated rings. The van der Waals surface area contributed by atoms with Gasteiger partial charge in [0, 0.05) is 25.4 Å². The van der Waals surface area contributed by atoms with Gasteiger partial charge in [-0.3, -0.25) is 10.2 Å². The van der Waals surface area contributed by atoms with Crippen molar-refractivity contribution in [1.29, 1.82) is 0 Å². The number of hydrogen-bond acceptors (Lipinski definition) is 5. The molecule has 0 spiro atoms. The van der Waals surface area contributed by atoms with E-state index in [1.165, 1.54) is 6.20 Å². The fraction of sp³-hybridized carbons (Fsp3) is 0.647. The number of nitrogens with one attached hydrogen (secondary N) is 1. The van der Waals surface area contributed by atoms with E-state index in [4.69, 9.17) is 9.47 Å². The minimum absolute atomic E-state index is 0.0418. The molecule has 26 heavy (non-hydrogen) atoms. The first-order valence-corrected chi connectivity index (χ1v) is 8.63. The van der Waals surface area contributed by atoms with Crippen molar-refractivity contribution in [3.63, 3.8) is 0 Å². The molecule has 1 aliphatic carbocycles. The van der Waals surface area contributed by atoms with Gasteiger partial charge in [-0.2, -0.15) is 13.2 Å². The summed E-state index contributed by atoms with van der Waals surface area (Å²) in [7, 11) is 1.61. The van der Waals surface area contributed by atoms with Gasteiger partial charge >= 0.3 is 6.18 Å². The van der Waals surface area contributed by atoms with Crippen molar-refractivity contribution >= 4 is 5.91 Å². The maximum atomic E-state index is 12.5. The number of rotatable bonds is 7. The Bertz CT molecular complexity index is 650. The Balaban J connectivity index is 1.69. The minimum atomic E-state index is -4.43. The van der Waals surface area contributed by atoms with Crippen LogP contribution in [0.5, 0.6) is 5.88 Å². The Morgan fingerprint density at radius 2 is 2.15 bits per heavy atom. The van der Waals surface area contributed by atoms with Crippen LogP contribution in [-0.2, 0) is 4.74 Å². The molecule has 1 atom stereocenters. The first-order chi connectivity index (χ1) is 12.4. The fourth-order valence-corrected chi connectivity index (χ4v) is 3.09. The molecule has 1 N–H and O–H groups in total. The molecule has 0 radical (unpaired) electrons. The molecule has 9 heteroatoms. The van der Waals surface area contributed by atoms with Crippen LogP contribution in [0.1, 0.15) is 47.5 Å². The number of hydrogen-bond donors (Lipinski definition) is 1. The molecule has 0 aromatic carbocycles. The van der Waals surface area contributed by atoms with Crippen LogP contribution in [0.25, 0.3) is 0 Å². The maximum Gasteiger partial charge on any atom is 0.422 e. The summed E-state index contributed by atoms with van der Waals surface area (Å²) in [6, 6.07) is 1.71. The molecule has 3 rings (SSSR count). The van der Waals surface area contributed by atoms with Gasteiger partial charge < -0.3 is 9.47 Å². The van der Waals surface area contributed by atoms with Gasteiger partial charge in [-0.05, 0) is 37.7 Å². The van der Waals surface area contributed by atoms with Gasteiger partial charge in [0.05, 0.1) is 18.2 Å². The highest BCUT2D eigenvalue weighted by Crippen LogP contribution is 2.44. The Morgan fingerprint density at radius 3 is 2.81 bits per heavy atom. The highest BCUT2D eigenvalue weighted by atomic mass is 19.4. The molecule has 1 saturated heterocycles. The molecular weight excluding hydrogens is 351 g/mol. The van der Waals surface area contributed by atoms with E-state index in [1.54, 1.807) is 13.2 Å². The number of nitrogens with zero attached hydrogens (tertiary/aromatic N) is 2. The van der Waals surface area contributed by atoms with Crippen LogP contribution in [0, 0.1) is 0 Å². The molecule has 1 amide bonds. The number of hydrazine groups is 1. The Kier molecular flexibility index (Phi) is 5.67. The molecule has 6 nitrogen and oxygen atoms in total. The summed E-state index contributed by atoms with van der Waals surface area (Å²) in [4.78, 5) is 16.5. The Labute approximate surface area is 149 Å². The molecule has 144 valence electrons. The fourth-order valence-electron chi connectivity index (χ4n) is 3.09. The zero-order valence-electron chi connectivity index (χ0n) is 14.5. The predicted molar refractivity (Wildman–Crippen MR) is 86.8 cm³/mol. The van der Waals surface area contributed by atoms with E-state index in [0.717, 1.165) is 32.2 Å². The van der Waals surface area contributed by atoms with Gasteiger partial charge in [-0.25, -0.2) is 9.99 Å². The van der Waals surface area contributed by atoms with Crippen LogP contribution in [0.3, 0.4) is 0 Å². The third-order valence-corrected chi connectivity index (χ3v) is 4.51. The molecule has 0 unspecified atom stereocenters. The van der Waals surface area contributed by atoms with Gasteiger partial charge in [0.2, 0.25) is 5.88 Å². The minimum Gasteiger partial charge on any atom is -0.468 e. The number of carbonyl (C=O) groups is 1. The number of methoxy groups -OCH3 is 1. The lowest BCUT2D eigenvalue weighted by Crippen LogP contribution is -2.46. The molecule has 1 aliphatic heterocycles. The average Bonchev–Trinajstić information content (AvgIpc) is 3.35. The van der Waals surface area contributed by atoms with E-state index in [2.05, 4.69) is 10.4 Å². The lowest BCUT2D eigenvalue weighted by molar-refractivity contribution is -0.154. The van der Waals surface area contributed by atoms with Crippen molar-refractivity contribution in [2.45, 2.75) is 43.8 Å². The number of alkyl halides is 3. The van der Waals surface area contributed by atoms with Crippen molar-refractivity contribution < 1.29 is 27.4 Å². The smallest absolute Gasteiger partial charge is 0.422 e. The number of ether oxygens (including phenoxy) is 2. The lowest BCUT2D eigenvalue weighted by atomic mass is 10.1. The van der Waals surface area contributed by atoms with Gasteiger partial charge in [-0.1, -0.05) is 0 Å². The summed E-state index contributed by atoms with van der Waals surface area (Å²) in [5.74, 6) is -0.268. The van der Waals surface area contributed by atoms with E-state index < -0.39 is 12.8 Å². The SMILES string of the molecule is COC[C@@H]1CCCN1NC(=O)c1cnc(OCC(F)(F)F)c(C2CC2)c1. The standard InChI is InChI=1S/C17H22F3N3O3/c1-25-9-13-3-2-6-23(13)22-15(24)12-7-14(11-4-5-11)16(21-8-12)26-10-17(18,19)20/h7-8,11,13H,2-6,9-10H2,1H3,(H,22,24)/t13-/m0/s1. The zero-order chi connectivity index (χ0) is 18.7. The van der Waals surface area contributed by atoms with Crippen LogP contribution in [0.15, 0.2) is 12.3 Å². The second-order valence-electron chi connectivity index (χ2n) is 6.68. The average molecular weight is 373 g/mol. The zero-order valence-corrected chi connectivity index (χ0v) is 14.5. The van der Waals surface area contributed by atoms with Gasteiger partial charge in [0.15, 0.2) is 6.61 Å². The predicted octanol–water partition coefficient (Wildman–Crippen LogP) is 2.66. The highest BCUT2D eigenvalue weighted by Gasteiger charge is 2.33. The Morgan fingerprint density at radius 1 is 1.38 bits per heavy atom. The monoisotopic (exact) mass is 373 g/mol. The number of halogens is 3. The van der Waals surface area contributed by atoms with Crippen LogP contribution < -0.4 is 10.2 Å². The van der Waals surface area contributed by atoms with Crippen molar-refractivity contribution in [3.8, 4) is 5.88 Å². The summed E-state index contributed by atoms with van der Waals surface area (Å²) in [5, 5.41) is 1.84. The first kappa shape index (κ1) is 18.9. The van der Waals surface area contributed by atoms with E-state index in [-0.39, 0.29) is 23.7 Å². The van der Waals surface area contributed by atoms with Crippen LogP contribution in [0.4, 0.5) is 13.2 Å². The summed E-state index contributed by atoms with van der Waals surface area (Å²) >= 11 is 0. The first-order valence-electron chi connectivity index (χ1n) is 8.63. The number of amides is 1. The van der Waals surface area contributed by atoms with Gasteiger partial charge in [-0.15, -0.1) is 0 Å². The highest BCUT2D eigenvalue weighted by molar-refractivity contribution is 5.93. The number of pyridine rings is 1. The summed E-state index contributed by atoms with van der Waals surface area (Å²) in [6.45, 7) is -0.136. The van der Waals surface area contributed by atoms with E-state index in [1.807, 2.05) is 5.01 Å². The number of aromatic nitrogens is 1. The normalized spacial score (nSPS) is 21.0. The molecule has 2 aliphatic rings. The lowest BCUT2D eigenvalue weighted by Gasteiger charge is -2.24. The molecule has 2 heterocycles. The van der Waals surface area contributed by atoms with Crippen molar-refractivity contribution in [2.24, 2.45) is 0 Å². The molecule has 1 aromatic heterocycles. The second-order valence-corrected chi connectivity index (χ2v) is 6.68. The van der Waals surface area contributed by atoms with E-state index >= 15 is 0 Å². The van der Waals surface area contributed by atoms with Crippen molar-refractivity contribution in [1.82, 2.24) is 15.4 Å². The summed E-state index contributed by atoms with van der Waals surface area (Å²) < 4.78 is 47.2.